The van der Waals surface area contributed by atoms with Crippen LogP contribution in [0.1, 0.15) is 34.6 Å². The molecule has 7 heteroatoms. The number of hydrogen-bond acceptors (Lipinski definition) is 4. The summed E-state index contributed by atoms with van der Waals surface area (Å²) in [5.74, 6) is -0.362. The van der Waals surface area contributed by atoms with E-state index in [9.17, 15) is 13.2 Å². The number of nitrogens with one attached hydrogen (secondary N) is 2. The summed E-state index contributed by atoms with van der Waals surface area (Å²) in [6.45, 7) is 2.04. The Kier molecular flexibility index (Phi) is 6.18. The zero-order valence-electron chi connectivity index (χ0n) is 15.4. The van der Waals surface area contributed by atoms with Crippen molar-refractivity contribution in [3.05, 3.63) is 95.8 Å². The van der Waals surface area contributed by atoms with Gasteiger partial charge in [0.25, 0.3) is 5.91 Å². The molecule has 1 aromatic heterocycles. The molecule has 0 saturated carbocycles. The fraction of sp³-hybridized carbons (Fsp3) is 0.143. The van der Waals surface area contributed by atoms with Crippen molar-refractivity contribution in [2.45, 2.75) is 24.4 Å². The molecule has 1 heterocycles. The zero-order chi connectivity index (χ0) is 20.0. The van der Waals surface area contributed by atoms with Crippen LogP contribution in [0.4, 0.5) is 0 Å². The van der Waals surface area contributed by atoms with Gasteiger partial charge in [0.2, 0.25) is 10.0 Å². The highest BCUT2D eigenvalue weighted by Gasteiger charge is 2.19. The number of carbonyl (C=O) groups excluding carboxylic acids is 1. The molecule has 0 aliphatic rings. The molecule has 2 aromatic carbocycles. The minimum atomic E-state index is -3.77. The van der Waals surface area contributed by atoms with Crippen LogP contribution in [0.3, 0.4) is 0 Å². The summed E-state index contributed by atoms with van der Waals surface area (Å²) in [5, 5.41) is 2.74. The number of aromatic nitrogens is 1. The Hall–Kier alpha value is -3.03. The van der Waals surface area contributed by atoms with Crippen LogP contribution in [0.25, 0.3) is 0 Å². The maximum atomic E-state index is 12.7. The van der Waals surface area contributed by atoms with E-state index in [2.05, 4.69) is 15.0 Å². The molecule has 144 valence electrons. The van der Waals surface area contributed by atoms with Crippen molar-refractivity contribution >= 4 is 15.9 Å². The molecule has 0 spiro atoms. The van der Waals surface area contributed by atoms with Gasteiger partial charge in [0.15, 0.2) is 0 Å². The van der Waals surface area contributed by atoms with Crippen molar-refractivity contribution in [3.8, 4) is 0 Å². The Morgan fingerprint density at radius 1 is 1.00 bits per heavy atom. The highest BCUT2D eigenvalue weighted by Crippen LogP contribution is 2.17. The third kappa shape index (κ3) is 5.03. The molecule has 0 fully saturated rings. The Morgan fingerprint density at radius 3 is 2.46 bits per heavy atom. The van der Waals surface area contributed by atoms with Crippen molar-refractivity contribution in [2.24, 2.45) is 0 Å². The van der Waals surface area contributed by atoms with E-state index >= 15 is 0 Å². The summed E-state index contributed by atoms with van der Waals surface area (Å²) < 4.78 is 28.1. The van der Waals surface area contributed by atoms with Crippen LogP contribution in [-0.2, 0) is 16.6 Å². The van der Waals surface area contributed by atoms with E-state index in [0.717, 1.165) is 11.3 Å². The molecule has 3 aromatic rings. The summed E-state index contributed by atoms with van der Waals surface area (Å²) >= 11 is 0. The van der Waals surface area contributed by atoms with Crippen molar-refractivity contribution in [1.82, 2.24) is 15.0 Å². The zero-order valence-corrected chi connectivity index (χ0v) is 16.2. The van der Waals surface area contributed by atoms with Crippen LogP contribution >= 0.6 is 0 Å². The number of amides is 1. The average Bonchev–Trinajstić information content (AvgIpc) is 2.73. The van der Waals surface area contributed by atoms with Gasteiger partial charge in [0, 0.05) is 17.8 Å². The molecule has 0 bridgehead atoms. The monoisotopic (exact) mass is 395 g/mol. The van der Waals surface area contributed by atoms with Crippen LogP contribution in [-0.4, -0.2) is 19.3 Å². The summed E-state index contributed by atoms with van der Waals surface area (Å²) in [7, 11) is -3.77. The summed E-state index contributed by atoms with van der Waals surface area (Å²) in [6.07, 6.45) is 1.65. The molecule has 3 rings (SSSR count). The normalized spacial score (nSPS) is 12.3. The first-order valence-electron chi connectivity index (χ1n) is 8.81. The fourth-order valence-electron chi connectivity index (χ4n) is 2.69. The number of benzene rings is 2. The predicted molar refractivity (Wildman–Crippen MR) is 107 cm³/mol. The molecule has 0 aliphatic carbocycles. The van der Waals surface area contributed by atoms with Crippen LogP contribution in [0.15, 0.2) is 83.9 Å². The molecule has 2 N–H and O–H groups in total. The number of hydrogen-bond donors (Lipinski definition) is 2. The van der Waals surface area contributed by atoms with Crippen LogP contribution in [0.2, 0.25) is 0 Å². The largest absolute Gasteiger partial charge is 0.346 e. The van der Waals surface area contributed by atoms with Gasteiger partial charge in [-0.15, -0.1) is 0 Å². The van der Waals surface area contributed by atoms with Crippen molar-refractivity contribution in [1.29, 1.82) is 0 Å². The number of rotatable bonds is 7. The van der Waals surface area contributed by atoms with E-state index in [0.29, 0.717) is 0 Å². The van der Waals surface area contributed by atoms with Crippen LogP contribution in [0.5, 0.6) is 0 Å². The van der Waals surface area contributed by atoms with E-state index in [4.69, 9.17) is 0 Å². The minimum absolute atomic E-state index is 0.0424. The summed E-state index contributed by atoms with van der Waals surface area (Å²) in [5.41, 5.74) is 1.85. The first kappa shape index (κ1) is 19.7. The third-order valence-corrected chi connectivity index (χ3v) is 5.73. The van der Waals surface area contributed by atoms with Gasteiger partial charge >= 0.3 is 0 Å². The van der Waals surface area contributed by atoms with E-state index in [1.54, 1.807) is 37.4 Å². The molecule has 1 unspecified atom stereocenters. The highest BCUT2D eigenvalue weighted by molar-refractivity contribution is 7.89. The Labute approximate surface area is 164 Å². The maximum absolute atomic E-state index is 12.7. The van der Waals surface area contributed by atoms with Crippen molar-refractivity contribution < 1.29 is 13.2 Å². The van der Waals surface area contributed by atoms with Crippen molar-refractivity contribution in [3.63, 3.8) is 0 Å². The lowest BCUT2D eigenvalue weighted by atomic mass is 10.1. The molecule has 0 radical (unpaired) electrons. The average molecular weight is 395 g/mol. The van der Waals surface area contributed by atoms with Gasteiger partial charge in [0.05, 0.1) is 17.1 Å². The third-order valence-electron chi connectivity index (χ3n) is 4.19. The Bertz CT molecular complexity index is 1040. The number of sulfonamides is 1. The smallest absolute Gasteiger partial charge is 0.251 e. The second kappa shape index (κ2) is 8.77. The van der Waals surface area contributed by atoms with Gasteiger partial charge in [0.1, 0.15) is 0 Å². The Balaban J connectivity index is 1.71. The lowest BCUT2D eigenvalue weighted by molar-refractivity contribution is 0.0950. The van der Waals surface area contributed by atoms with Crippen molar-refractivity contribution in [2.75, 3.05) is 0 Å². The molecule has 0 aliphatic heterocycles. The lowest BCUT2D eigenvalue weighted by Crippen LogP contribution is -2.28. The van der Waals surface area contributed by atoms with Crippen LogP contribution < -0.4 is 10.0 Å². The maximum Gasteiger partial charge on any atom is 0.251 e. The first-order chi connectivity index (χ1) is 13.5. The van der Waals surface area contributed by atoms with E-state index in [1.165, 1.54) is 12.1 Å². The van der Waals surface area contributed by atoms with E-state index < -0.39 is 16.1 Å². The van der Waals surface area contributed by atoms with E-state index in [-0.39, 0.29) is 22.9 Å². The SMILES string of the molecule is CC(NS(=O)(=O)c1cccc(C(=O)NCc2ccccn2)c1)c1ccccc1. The molecular weight excluding hydrogens is 374 g/mol. The lowest BCUT2D eigenvalue weighted by Gasteiger charge is -2.15. The van der Waals surface area contributed by atoms with Gasteiger partial charge in [-0.1, -0.05) is 42.5 Å². The first-order valence-corrected chi connectivity index (χ1v) is 10.3. The Morgan fingerprint density at radius 2 is 1.75 bits per heavy atom. The topological polar surface area (TPSA) is 88.2 Å². The van der Waals surface area contributed by atoms with E-state index in [1.807, 2.05) is 36.4 Å². The second-order valence-electron chi connectivity index (χ2n) is 6.29. The number of nitrogens with zero attached hydrogens (tertiary/aromatic N) is 1. The highest BCUT2D eigenvalue weighted by atomic mass is 32.2. The van der Waals surface area contributed by atoms with Gasteiger partial charge in [-0.05, 0) is 42.8 Å². The second-order valence-corrected chi connectivity index (χ2v) is 8.00. The van der Waals surface area contributed by atoms with Gasteiger partial charge in [-0.3, -0.25) is 9.78 Å². The van der Waals surface area contributed by atoms with Gasteiger partial charge < -0.3 is 5.32 Å². The molecule has 0 saturated heterocycles. The summed E-state index contributed by atoms with van der Waals surface area (Å²) in [4.78, 5) is 16.6. The summed E-state index contributed by atoms with van der Waals surface area (Å²) in [6, 6.07) is 20.3. The predicted octanol–water partition coefficient (Wildman–Crippen LogP) is 3.05. The van der Waals surface area contributed by atoms with Crippen LogP contribution in [0, 0.1) is 0 Å². The fourth-order valence-corrected chi connectivity index (χ4v) is 3.97. The van der Waals surface area contributed by atoms with Gasteiger partial charge in [-0.2, -0.15) is 0 Å². The number of carbonyl (C=O) groups is 1. The molecular formula is C21H21N3O3S. The molecule has 28 heavy (non-hydrogen) atoms. The molecule has 1 amide bonds. The molecule has 6 nitrogen and oxygen atoms in total. The van der Waals surface area contributed by atoms with Gasteiger partial charge in [-0.25, -0.2) is 13.1 Å². The minimum Gasteiger partial charge on any atom is -0.346 e. The molecule has 1 atom stereocenters. The number of pyridine rings is 1. The quantitative estimate of drug-likeness (QED) is 0.644. The standard InChI is InChI=1S/C21H21N3O3S/c1-16(17-8-3-2-4-9-17)24-28(26,27)20-12-7-10-18(14-20)21(25)23-15-19-11-5-6-13-22-19/h2-14,16,24H,15H2,1H3,(H,23,25).